The lowest BCUT2D eigenvalue weighted by atomic mass is 10.1. The van der Waals surface area contributed by atoms with Gasteiger partial charge >= 0.3 is 6.18 Å². The van der Waals surface area contributed by atoms with Gasteiger partial charge in [0.05, 0.1) is 10.8 Å². The molecule has 2 aromatic carbocycles. The highest BCUT2D eigenvalue weighted by atomic mass is 32.2. The number of halogens is 3. The first-order valence-electron chi connectivity index (χ1n) is 8.55. The van der Waals surface area contributed by atoms with Gasteiger partial charge in [-0.1, -0.05) is 47.3 Å². The number of hydrogen-bond donors (Lipinski definition) is 0. The summed E-state index contributed by atoms with van der Waals surface area (Å²) < 4.78 is 45.9. The monoisotopic (exact) mass is 417 g/mol. The van der Waals surface area contributed by atoms with Gasteiger partial charge in [0.25, 0.3) is 0 Å². The Balaban J connectivity index is 1.55. The Hall–Kier alpha value is -3.14. The lowest BCUT2D eigenvalue weighted by Crippen LogP contribution is -2.04. The van der Waals surface area contributed by atoms with Crippen molar-refractivity contribution in [3.8, 4) is 17.1 Å². The number of rotatable bonds is 5. The van der Waals surface area contributed by atoms with Gasteiger partial charge in [-0.25, -0.2) is 0 Å². The van der Waals surface area contributed by atoms with Crippen molar-refractivity contribution in [3.05, 3.63) is 72.4 Å². The van der Waals surface area contributed by atoms with Crippen LogP contribution in [0.1, 0.15) is 23.6 Å². The fraction of sp³-hybridized carbons (Fsp3) is 0.158. The zero-order chi connectivity index (χ0) is 20.4. The minimum Gasteiger partial charge on any atom is -0.338 e. The third-order valence-electron chi connectivity index (χ3n) is 4.07. The summed E-state index contributed by atoms with van der Waals surface area (Å²) in [7, 11) is 0. The van der Waals surface area contributed by atoms with Gasteiger partial charge in [0.15, 0.2) is 5.16 Å². The molecule has 1 unspecified atom stereocenters. The van der Waals surface area contributed by atoms with Crippen molar-refractivity contribution in [1.82, 2.24) is 24.9 Å². The van der Waals surface area contributed by atoms with E-state index >= 15 is 0 Å². The lowest BCUT2D eigenvalue weighted by Gasteiger charge is -2.08. The fourth-order valence-electron chi connectivity index (χ4n) is 2.63. The second kappa shape index (κ2) is 7.70. The standard InChI is InChI=1S/C19H14F3N5OS/c1-12(29-18-25-23-11-27(18)15-8-3-2-4-9-15)17-24-16(26-28-17)13-6-5-7-14(10-13)19(20,21)22/h2-12H,1H3. The minimum atomic E-state index is -4.44. The summed E-state index contributed by atoms with van der Waals surface area (Å²) in [6, 6.07) is 14.4. The van der Waals surface area contributed by atoms with E-state index in [1.807, 2.05) is 41.8 Å². The highest BCUT2D eigenvalue weighted by Crippen LogP contribution is 2.35. The van der Waals surface area contributed by atoms with Crippen LogP contribution >= 0.6 is 11.8 Å². The SMILES string of the molecule is CC(Sc1nncn1-c1ccccc1)c1nc(-c2cccc(C(F)(F)F)c2)no1. The molecule has 0 bridgehead atoms. The van der Waals surface area contributed by atoms with Crippen molar-refractivity contribution in [2.45, 2.75) is 23.5 Å². The average Bonchev–Trinajstić information content (AvgIpc) is 3.38. The molecule has 0 aliphatic rings. The van der Waals surface area contributed by atoms with E-state index in [0.29, 0.717) is 5.16 Å². The van der Waals surface area contributed by atoms with Crippen LogP contribution < -0.4 is 0 Å². The van der Waals surface area contributed by atoms with Crippen LogP contribution in [0.2, 0.25) is 0 Å². The van der Waals surface area contributed by atoms with E-state index in [1.54, 1.807) is 6.33 Å². The van der Waals surface area contributed by atoms with E-state index in [-0.39, 0.29) is 22.5 Å². The maximum atomic E-state index is 12.9. The summed E-state index contributed by atoms with van der Waals surface area (Å²) in [5, 5.41) is 12.2. The van der Waals surface area contributed by atoms with E-state index in [1.165, 1.54) is 23.9 Å². The Bertz CT molecular complexity index is 1110. The molecule has 0 spiro atoms. The van der Waals surface area contributed by atoms with Crippen LogP contribution in [0.3, 0.4) is 0 Å². The molecule has 2 heterocycles. The molecule has 0 aliphatic carbocycles. The molecular weight excluding hydrogens is 403 g/mol. The van der Waals surface area contributed by atoms with Crippen LogP contribution in [0.15, 0.2) is 70.6 Å². The average molecular weight is 417 g/mol. The number of aromatic nitrogens is 5. The predicted octanol–water partition coefficient (Wildman–Crippen LogP) is 5.19. The van der Waals surface area contributed by atoms with Crippen LogP contribution in [0.25, 0.3) is 17.1 Å². The molecule has 0 saturated heterocycles. The zero-order valence-corrected chi connectivity index (χ0v) is 15.9. The first-order valence-corrected chi connectivity index (χ1v) is 9.43. The van der Waals surface area contributed by atoms with Gasteiger partial charge in [-0.3, -0.25) is 4.57 Å². The Kier molecular flexibility index (Phi) is 5.10. The van der Waals surface area contributed by atoms with E-state index in [9.17, 15) is 13.2 Å². The molecule has 29 heavy (non-hydrogen) atoms. The second-order valence-electron chi connectivity index (χ2n) is 6.11. The first-order chi connectivity index (χ1) is 13.9. The molecule has 4 rings (SSSR count). The van der Waals surface area contributed by atoms with Crippen molar-refractivity contribution < 1.29 is 17.7 Å². The molecule has 0 fully saturated rings. The van der Waals surface area contributed by atoms with Crippen molar-refractivity contribution in [2.75, 3.05) is 0 Å². The molecule has 6 nitrogen and oxygen atoms in total. The highest BCUT2D eigenvalue weighted by molar-refractivity contribution is 7.99. The lowest BCUT2D eigenvalue weighted by molar-refractivity contribution is -0.137. The topological polar surface area (TPSA) is 69.6 Å². The predicted molar refractivity (Wildman–Crippen MR) is 100 cm³/mol. The molecule has 1 atom stereocenters. The molecule has 0 radical (unpaired) electrons. The van der Waals surface area contributed by atoms with Crippen molar-refractivity contribution in [1.29, 1.82) is 0 Å². The Morgan fingerprint density at radius 1 is 1.07 bits per heavy atom. The molecule has 2 aromatic heterocycles. The maximum Gasteiger partial charge on any atom is 0.416 e. The fourth-order valence-corrected chi connectivity index (χ4v) is 3.50. The molecule has 0 saturated carbocycles. The zero-order valence-electron chi connectivity index (χ0n) is 15.0. The normalized spacial score (nSPS) is 12.8. The van der Waals surface area contributed by atoms with Gasteiger partial charge in [0.1, 0.15) is 6.33 Å². The van der Waals surface area contributed by atoms with Gasteiger partial charge in [-0.2, -0.15) is 18.2 Å². The summed E-state index contributed by atoms with van der Waals surface area (Å²) >= 11 is 1.35. The van der Waals surface area contributed by atoms with Crippen LogP contribution in [0, 0.1) is 0 Å². The van der Waals surface area contributed by atoms with E-state index in [0.717, 1.165) is 17.8 Å². The third kappa shape index (κ3) is 4.16. The van der Waals surface area contributed by atoms with Crippen LogP contribution in [-0.2, 0) is 6.18 Å². The van der Waals surface area contributed by atoms with Crippen LogP contribution in [-0.4, -0.2) is 24.9 Å². The quantitative estimate of drug-likeness (QED) is 0.416. The number of para-hydroxylation sites is 1. The molecule has 10 heteroatoms. The second-order valence-corrected chi connectivity index (χ2v) is 7.42. The minimum absolute atomic E-state index is 0.100. The van der Waals surface area contributed by atoms with Crippen molar-refractivity contribution in [3.63, 3.8) is 0 Å². The Morgan fingerprint density at radius 2 is 1.86 bits per heavy atom. The molecule has 4 aromatic rings. The summed E-state index contributed by atoms with van der Waals surface area (Å²) in [6.45, 7) is 1.85. The molecule has 148 valence electrons. The molecule has 0 amide bonds. The number of benzene rings is 2. The van der Waals surface area contributed by atoms with Gasteiger partial charge in [0.2, 0.25) is 11.7 Å². The number of thioether (sulfide) groups is 1. The van der Waals surface area contributed by atoms with Crippen LogP contribution in [0.5, 0.6) is 0 Å². The largest absolute Gasteiger partial charge is 0.416 e. The number of hydrogen-bond acceptors (Lipinski definition) is 6. The van der Waals surface area contributed by atoms with Gasteiger partial charge in [-0.15, -0.1) is 10.2 Å². The summed E-state index contributed by atoms with van der Waals surface area (Å²) in [5.74, 6) is 0.382. The highest BCUT2D eigenvalue weighted by Gasteiger charge is 2.31. The Labute approximate surface area is 167 Å². The van der Waals surface area contributed by atoms with Gasteiger partial charge in [0, 0.05) is 11.3 Å². The van der Waals surface area contributed by atoms with E-state index < -0.39 is 11.7 Å². The van der Waals surface area contributed by atoms with Crippen molar-refractivity contribution >= 4 is 11.8 Å². The maximum absolute atomic E-state index is 12.9. The van der Waals surface area contributed by atoms with E-state index in [4.69, 9.17) is 4.52 Å². The first kappa shape index (κ1) is 19.2. The van der Waals surface area contributed by atoms with Crippen molar-refractivity contribution in [2.24, 2.45) is 0 Å². The molecule has 0 N–H and O–H groups in total. The van der Waals surface area contributed by atoms with E-state index in [2.05, 4.69) is 20.3 Å². The smallest absolute Gasteiger partial charge is 0.338 e. The molecular formula is C19H14F3N5OS. The van der Waals surface area contributed by atoms with Gasteiger partial charge in [-0.05, 0) is 31.2 Å². The van der Waals surface area contributed by atoms with Gasteiger partial charge < -0.3 is 4.52 Å². The molecule has 0 aliphatic heterocycles. The van der Waals surface area contributed by atoms with Crippen LogP contribution in [0.4, 0.5) is 13.2 Å². The number of nitrogens with zero attached hydrogens (tertiary/aromatic N) is 5. The summed E-state index contributed by atoms with van der Waals surface area (Å²) in [6.07, 6.45) is -2.83. The third-order valence-corrected chi connectivity index (χ3v) is 5.11. The number of alkyl halides is 3. The summed E-state index contributed by atoms with van der Waals surface area (Å²) in [5.41, 5.74) is 0.376. The Morgan fingerprint density at radius 3 is 2.62 bits per heavy atom. The summed E-state index contributed by atoms with van der Waals surface area (Å²) in [4.78, 5) is 4.26.